The van der Waals surface area contributed by atoms with Crippen molar-refractivity contribution in [3.63, 3.8) is 0 Å². The van der Waals surface area contributed by atoms with E-state index in [4.69, 9.17) is 4.98 Å². The van der Waals surface area contributed by atoms with Gasteiger partial charge in [0.25, 0.3) is 0 Å². The van der Waals surface area contributed by atoms with Crippen LogP contribution in [0.5, 0.6) is 0 Å². The highest BCUT2D eigenvalue weighted by atomic mass is 19.1. The van der Waals surface area contributed by atoms with Crippen molar-refractivity contribution in [1.29, 1.82) is 0 Å². The van der Waals surface area contributed by atoms with Gasteiger partial charge in [-0.15, -0.1) is 0 Å². The standard InChI is InChI=1S/C22H22FN7/c23-17-6-8-18(9-7-17)25-20-19-14-24-28-21(19)27-22(26-20)30-12-10-29(11-13-30)15-16-4-2-1-3-5-16/h1-9,14H,10-13,15H2,(H2,24,25,26,27,28). The lowest BCUT2D eigenvalue weighted by Gasteiger charge is -2.34. The number of nitrogens with zero attached hydrogens (tertiary/aromatic N) is 5. The number of halogens is 1. The topological polar surface area (TPSA) is 73.0 Å². The molecule has 8 heteroatoms. The maximum absolute atomic E-state index is 13.2. The van der Waals surface area contributed by atoms with E-state index in [1.807, 2.05) is 6.07 Å². The van der Waals surface area contributed by atoms with Crippen LogP contribution < -0.4 is 10.2 Å². The Morgan fingerprint density at radius 1 is 0.933 bits per heavy atom. The summed E-state index contributed by atoms with van der Waals surface area (Å²) in [4.78, 5) is 14.1. The van der Waals surface area contributed by atoms with Gasteiger partial charge in [0, 0.05) is 38.4 Å². The predicted molar refractivity (Wildman–Crippen MR) is 115 cm³/mol. The molecule has 4 aromatic rings. The van der Waals surface area contributed by atoms with Crippen LogP contribution >= 0.6 is 0 Å². The van der Waals surface area contributed by atoms with Gasteiger partial charge in [-0.25, -0.2) is 4.39 Å². The van der Waals surface area contributed by atoms with E-state index < -0.39 is 0 Å². The predicted octanol–water partition coefficient (Wildman–Crippen LogP) is 3.56. The lowest BCUT2D eigenvalue weighted by atomic mass is 10.2. The molecule has 152 valence electrons. The maximum Gasteiger partial charge on any atom is 0.229 e. The Hall–Kier alpha value is -3.52. The van der Waals surface area contributed by atoms with Gasteiger partial charge in [-0.1, -0.05) is 30.3 Å². The molecule has 2 aromatic carbocycles. The largest absolute Gasteiger partial charge is 0.339 e. The molecule has 2 N–H and O–H groups in total. The van der Waals surface area contributed by atoms with E-state index in [9.17, 15) is 4.39 Å². The Balaban J connectivity index is 1.33. The molecule has 1 aliphatic heterocycles. The number of anilines is 3. The zero-order valence-corrected chi connectivity index (χ0v) is 16.4. The molecular formula is C22H22FN7. The normalized spacial score (nSPS) is 14.9. The fraction of sp³-hybridized carbons (Fsp3) is 0.227. The highest BCUT2D eigenvalue weighted by Gasteiger charge is 2.21. The van der Waals surface area contributed by atoms with E-state index in [1.54, 1.807) is 18.3 Å². The summed E-state index contributed by atoms with van der Waals surface area (Å²) < 4.78 is 13.2. The summed E-state index contributed by atoms with van der Waals surface area (Å²) in [5.41, 5.74) is 2.76. The number of piperazine rings is 1. The van der Waals surface area contributed by atoms with Gasteiger partial charge < -0.3 is 10.2 Å². The molecule has 0 unspecified atom stereocenters. The van der Waals surface area contributed by atoms with Gasteiger partial charge >= 0.3 is 0 Å². The van der Waals surface area contributed by atoms with Gasteiger partial charge in [0.15, 0.2) is 5.65 Å². The first-order valence-electron chi connectivity index (χ1n) is 9.99. The molecule has 0 atom stereocenters. The number of hydrogen-bond donors (Lipinski definition) is 2. The second kappa shape index (κ2) is 8.08. The summed E-state index contributed by atoms with van der Waals surface area (Å²) in [7, 11) is 0. The highest BCUT2D eigenvalue weighted by Crippen LogP contribution is 2.26. The summed E-state index contributed by atoms with van der Waals surface area (Å²) in [5, 5.41) is 11.1. The second-order valence-corrected chi connectivity index (χ2v) is 7.39. The molecule has 1 saturated heterocycles. The molecule has 7 nitrogen and oxygen atoms in total. The third kappa shape index (κ3) is 3.95. The molecule has 0 bridgehead atoms. The Labute approximate surface area is 173 Å². The molecule has 5 rings (SSSR count). The van der Waals surface area contributed by atoms with Crippen molar-refractivity contribution in [3.05, 3.63) is 72.2 Å². The van der Waals surface area contributed by atoms with Gasteiger partial charge in [-0.2, -0.15) is 15.1 Å². The minimum atomic E-state index is -0.272. The van der Waals surface area contributed by atoms with Crippen molar-refractivity contribution in [3.8, 4) is 0 Å². The molecule has 0 spiro atoms. The lowest BCUT2D eigenvalue weighted by Crippen LogP contribution is -2.46. The average Bonchev–Trinajstić information content (AvgIpc) is 3.26. The molecular weight excluding hydrogens is 381 g/mol. The molecule has 2 aromatic heterocycles. The Morgan fingerprint density at radius 3 is 2.47 bits per heavy atom. The highest BCUT2D eigenvalue weighted by molar-refractivity contribution is 5.89. The van der Waals surface area contributed by atoms with Crippen LogP contribution in [0.3, 0.4) is 0 Å². The van der Waals surface area contributed by atoms with Crippen molar-refractivity contribution in [1.82, 2.24) is 25.1 Å². The van der Waals surface area contributed by atoms with Gasteiger partial charge in [-0.3, -0.25) is 10.00 Å². The number of nitrogens with one attached hydrogen (secondary N) is 2. The van der Waals surface area contributed by atoms with Crippen molar-refractivity contribution in [2.24, 2.45) is 0 Å². The van der Waals surface area contributed by atoms with Gasteiger partial charge in [0.05, 0.1) is 11.6 Å². The molecule has 3 heterocycles. The van der Waals surface area contributed by atoms with Crippen LogP contribution in [0.1, 0.15) is 5.56 Å². The second-order valence-electron chi connectivity index (χ2n) is 7.39. The summed E-state index contributed by atoms with van der Waals surface area (Å²) in [6.07, 6.45) is 1.70. The smallest absolute Gasteiger partial charge is 0.229 e. The lowest BCUT2D eigenvalue weighted by molar-refractivity contribution is 0.249. The third-order valence-electron chi connectivity index (χ3n) is 5.31. The summed E-state index contributed by atoms with van der Waals surface area (Å²) >= 11 is 0. The number of benzene rings is 2. The van der Waals surface area contributed by atoms with Crippen LogP contribution in [0.4, 0.5) is 21.8 Å². The maximum atomic E-state index is 13.2. The van der Waals surface area contributed by atoms with Crippen LogP contribution in [-0.4, -0.2) is 51.2 Å². The summed E-state index contributed by atoms with van der Waals surface area (Å²) in [5.74, 6) is 1.04. The van der Waals surface area contributed by atoms with Crippen LogP contribution in [-0.2, 0) is 6.54 Å². The number of H-pyrrole nitrogens is 1. The van der Waals surface area contributed by atoms with Crippen molar-refractivity contribution in [2.45, 2.75) is 6.54 Å². The van der Waals surface area contributed by atoms with E-state index in [1.165, 1.54) is 17.7 Å². The van der Waals surface area contributed by atoms with E-state index >= 15 is 0 Å². The molecule has 0 aliphatic carbocycles. The number of aromatic nitrogens is 4. The molecule has 0 radical (unpaired) electrons. The first-order valence-corrected chi connectivity index (χ1v) is 9.99. The van der Waals surface area contributed by atoms with Crippen molar-refractivity contribution >= 4 is 28.5 Å². The van der Waals surface area contributed by atoms with Gasteiger partial charge in [-0.05, 0) is 29.8 Å². The minimum absolute atomic E-state index is 0.272. The summed E-state index contributed by atoms with van der Waals surface area (Å²) in [6, 6.07) is 16.7. The monoisotopic (exact) mass is 403 g/mol. The van der Waals surface area contributed by atoms with Crippen LogP contribution in [0, 0.1) is 5.82 Å². The zero-order chi connectivity index (χ0) is 20.3. The Bertz CT molecular complexity index is 1120. The Kier molecular flexibility index (Phi) is 4.98. The quantitative estimate of drug-likeness (QED) is 0.531. The molecule has 0 saturated carbocycles. The number of fused-ring (bicyclic) bond motifs is 1. The first-order chi connectivity index (χ1) is 14.7. The SMILES string of the molecule is Fc1ccc(Nc2nc(N3CCN(Cc4ccccc4)CC3)nc3[nH]ncc23)cc1. The van der Waals surface area contributed by atoms with E-state index in [2.05, 4.69) is 54.6 Å². The van der Waals surface area contributed by atoms with Crippen LogP contribution in [0.15, 0.2) is 60.8 Å². The number of rotatable bonds is 5. The van der Waals surface area contributed by atoms with Gasteiger partial charge in [0.1, 0.15) is 11.6 Å². The fourth-order valence-electron chi connectivity index (χ4n) is 3.68. The molecule has 30 heavy (non-hydrogen) atoms. The van der Waals surface area contributed by atoms with E-state index in [0.29, 0.717) is 17.4 Å². The average molecular weight is 403 g/mol. The Morgan fingerprint density at radius 2 is 1.70 bits per heavy atom. The van der Waals surface area contributed by atoms with Crippen LogP contribution in [0.25, 0.3) is 11.0 Å². The minimum Gasteiger partial charge on any atom is -0.339 e. The third-order valence-corrected chi connectivity index (χ3v) is 5.31. The molecule has 0 amide bonds. The first kappa shape index (κ1) is 18.5. The number of hydrogen-bond acceptors (Lipinski definition) is 6. The summed E-state index contributed by atoms with van der Waals surface area (Å²) in [6.45, 7) is 4.54. The zero-order valence-electron chi connectivity index (χ0n) is 16.4. The van der Waals surface area contributed by atoms with Crippen LogP contribution in [0.2, 0.25) is 0 Å². The van der Waals surface area contributed by atoms with Gasteiger partial charge in [0.2, 0.25) is 5.95 Å². The number of aromatic amines is 1. The van der Waals surface area contributed by atoms with Crippen molar-refractivity contribution in [2.75, 3.05) is 36.4 Å². The van der Waals surface area contributed by atoms with Crippen molar-refractivity contribution < 1.29 is 4.39 Å². The van der Waals surface area contributed by atoms with E-state index in [-0.39, 0.29) is 5.82 Å². The molecule has 1 aliphatic rings. The fourth-order valence-corrected chi connectivity index (χ4v) is 3.68. The van der Waals surface area contributed by atoms with E-state index in [0.717, 1.165) is 43.8 Å². The molecule has 1 fully saturated rings.